The van der Waals surface area contributed by atoms with Gasteiger partial charge in [-0.3, -0.25) is 9.36 Å². The molecule has 2 aliphatic heterocycles. The van der Waals surface area contributed by atoms with Gasteiger partial charge in [0.2, 0.25) is 0 Å². The second-order valence-electron chi connectivity index (χ2n) is 7.24. The molecule has 2 fully saturated rings. The predicted octanol–water partition coefficient (Wildman–Crippen LogP) is 0.871. The lowest BCUT2D eigenvalue weighted by Crippen LogP contribution is -2.48. The third kappa shape index (κ3) is 5.03. The van der Waals surface area contributed by atoms with Gasteiger partial charge in [0.1, 0.15) is 0 Å². The highest BCUT2D eigenvalue weighted by atomic mass is 32.2. The number of carbonyl (C=O) groups is 1. The predicted molar refractivity (Wildman–Crippen MR) is 93.4 cm³/mol. The molecule has 3 heterocycles. The Morgan fingerprint density at radius 3 is 2.46 bits per heavy atom. The Kier molecular flexibility index (Phi) is 5.69. The van der Waals surface area contributed by atoms with Crippen molar-refractivity contribution >= 4 is 15.9 Å². The third-order valence-corrected chi connectivity index (χ3v) is 6.85. The molecule has 0 saturated carbocycles. The van der Waals surface area contributed by atoms with Gasteiger partial charge in [0.25, 0.3) is 5.56 Å². The van der Waals surface area contributed by atoms with E-state index in [1.165, 1.54) is 0 Å². The molecule has 2 saturated heterocycles. The summed E-state index contributed by atoms with van der Waals surface area (Å²) in [5.74, 6) is 0.0711. The molecule has 28 heavy (non-hydrogen) atoms. The van der Waals surface area contributed by atoms with Gasteiger partial charge in [0.05, 0.1) is 17.8 Å². The zero-order valence-electron chi connectivity index (χ0n) is 15.0. The van der Waals surface area contributed by atoms with Gasteiger partial charge in [-0.15, -0.1) is 0 Å². The summed E-state index contributed by atoms with van der Waals surface area (Å²) in [5, 5.41) is 2.73. The van der Waals surface area contributed by atoms with E-state index < -0.39 is 27.3 Å². The highest BCUT2D eigenvalue weighted by molar-refractivity contribution is 7.91. The molecule has 1 unspecified atom stereocenters. The molecule has 8 nitrogen and oxygen atoms in total. The van der Waals surface area contributed by atoms with Crippen LogP contribution in [0.4, 0.5) is 18.0 Å². The number of alkyl halides is 3. The first-order chi connectivity index (χ1) is 13.0. The van der Waals surface area contributed by atoms with Crippen LogP contribution in [-0.2, 0) is 22.6 Å². The number of piperidine rings is 1. The summed E-state index contributed by atoms with van der Waals surface area (Å²) < 4.78 is 61.8. The first-order valence-electron chi connectivity index (χ1n) is 8.93. The standard InChI is InChI=1S/C16H21F3N4O4S/c17-16(18,19)13-7-14(24)23(10-20-13)8-11-1-4-22(5-2-11)15(25)21-12-3-6-28(26,27)9-12/h7,10-12H,1-6,8-9H2,(H,21,25). The van der Waals surface area contributed by atoms with E-state index in [4.69, 9.17) is 0 Å². The molecule has 12 heteroatoms. The van der Waals surface area contributed by atoms with E-state index in [1.807, 2.05) is 0 Å². The molecular weight excluding hydrogens is 401 g/mol. The van der Waals surface area contributed by atoms with Gasteiger partial charge in [0.15, 0.2) is 15.5 Å². The number of rotatable bonds is 3. The third-order valence-electron chi connectivity index (χ3n) is 5.09. The van der Waals surface area contributed by atoms with Crippen molar-refractivity contribution in [1.82, 2.24) is 19.8 Å². The largest absolute Gasteiger partial charge is 0.433 e. The van der Waals surface area contributed by atoms with E-state index in [2.05, 4.69) is 10.3 Å². The molecule has 0 aromatic carbocycles. The molecule has 156 valence electrons. The average Bonchev–Trinajstić information content (AvgIpc) is 2.95. The van der Waals surface area contributed by atoms with Crippen molar-refractivity contribution in [2.75, 3.05) is 24.6 Å². The van der Waals surface area contributed by atoms with Crippen LogP contribution in [0.15, 0.2) is 17.2 Å². The van der Waals surface area contributed by atoms with E-state index in [0.717, 1.165) is 10.9 Å². The summed E-state index contributed by atoms with van der Waals surface area (Å²) in [7, 11) is -3.07. The van der Waals surface area contributed by atoms with Crippen molar-refractivity contribution in [2.45, 2.75) is 38.0 Å². The highest BCUT2D eigenvalue weighted by Gasteiger charge is 2.33. The second kappa shape index (κ2) is 7.72. The monoisotopic (exact) mass is 422 g/mol. The number of hydrogen-bond donors (Lipinski definition) is 1. The average molecular weight is 422 g/mol. The Balaban J connectivity index is 1.50. The summed E-state index contributed by atoms with van der Waals surface area (Å²) in [6, 6.07) is -0.195. The summed E-state index contributed by atoms with van der Waals surface area (Å²) >= 11 is 0. The van der Waals surface area contributed by atoms with Gasteiger partial charge in [-0.25, -0.2) is 18.2 Å². The van der Waals surface area contributed by atoms with Crippen LogP contribution in [0.25, 0.3) is 0 Å². The summed E-state index contributed by atoms with van der Waals surface area (Å²) in [6.45, 7) is 1.10. The molecular formula is C16H21F3N4O4S. The minimum Gasteiger partial charge on any atom is -0.334 e. The molecule has 0 spiro atoms. The van der Waals surface area contributed by atoms with Gasteiger partial charge in [-0.05, 0) is 25.2 Å². The number of likely N-dealkylation sites (tertiary alicyclic amines) is 1. The fraction of sp³-hybridized carbons (Fsp3) is 0.688. The Hall–Kier alpha value is -2.11. The maximum atomic E-state index is 12.6. The van der Waals surface area contributed by atoms with Gasteiger partial charge in [0, 0.05) is 31.7 Å². The van der Waals surface area contributed by atoms with Gasteiger partial charge in [-0.2, -0.15) is 13.2 Å². The van der Waals surface area contributed by atoms with Crippen LogP contribution in [-0.4, -0.2) is 59.5 Å². The molecule has 1 N–H and O–H groups in total. The number of nitrogens with zero attached hydrogens (tertiary/aromatic N) is 3. The number of halogens is 3. The fourth-order valence-corrected chi connectivity index (χ4v) is 5.16. The number of carbonyl (C=O) groups excluding carboxylic acids is 1. The molecule has 0 aliphatic carbocycles. The Labute approximate surface area is 159 Å². The van der Waals surface area contributed by atoms with Crippen LogP contribution in [0.5, 0.6) is 0 Å². The molecule has 0 radical (unpaired) electrons. The number of hydrogen-bond acceptors (Lipinski definition) is 5. The van der Waals surface area contributed by atoms with Crippen LogP contribution in [0.3, 0.4) is 0 Å². The number of sulfone groups is 1. The van der Waals surface area contributed by atoms with Gasteiger partial charge < -0.3 is 10.2 Å². The minimum absolute atomic E-state index is 0.0344. The van der Waals surface area contributed by atoms with E-state index in [-0.39, 0.29) is 36.0 Å². The molecule has 1 aromatic rings. The summed E-state index contributed by atoms with van der Waals surface area (Å²) in [5.41, 5.74) is -1.97. The number of amides is 2. The SMILES string of the molecule is O=C(NC1CCS(=O)(=O)C1)N1CCC(Cn2cnc(C(F)(F)F)cc2=O)CC1. The topological polar surface area (TPSA) is 101 Å². The Bertz CT molecular complexity index is 892. The zero-order chi connectivity index (χ0) is 20.5. The molecule has 1 atom stereocenters. The normalized spacial score (nSPS) is 23.0. The molecule has 3 rings (SSSR count). The molecule has 0 bridgehead atoms. The van der Waals surface area contributed by atoms with Crippen molar-refractivity contribution < 1.29 is 26.4 Å². The minimum atomic E-state index is -4.66. The molecule has 2 amide bonds. The van der Waals surface area contributed by atoms with Crippen molar-refractivity contribution in [3.05, 3.63) is 28.4 Å². The molecule has 1 aromatic heterocycles. The van der Waals surface area contributed by atoms with E-state index >= 15 is 0 Å². The van der Waals surface area contributed by atoms with Crippen molar-refractivity contribution in [2.24, 2.45) is 5.92 Å². The first-order valence-corrected chi connectivity index (χ1v) is 10.8. The van der Waals surface area contributed by atoms with Gasteiger partial charge >= 0.3 is 12.2 Å². The van der Waals surface area contributed by atoms with Crippen LogP contribution >= 0.6 is 0 Å². The Morgan fingerprint density at radius 1 is 1.25 bits per heavy atom. The fourth-order valence-electron chi connectivity index (χ4n) is 3.49. The van der Waals surface area contributed by atoms with E-state index in [0.29, 0.717) is 38.4 Å². The van der Waals surface area contributed by atoms with Crippen molar-refractivity contribution in [1.29, 1.82) is 0 Å². The lowest BCUT2D eigenvalue weighted by Gasteiger charge is -2.32. The highest BCUT2D eigenvalue weighted by Crippen LogP contribution is 2.26. The van der Waals surface area contributed by atoms with Crippen LogP contribution in [0.2, 0.25) is 0 Å². The first kappa shape index (κ1) is 20.6. The van der Waals surface area contributed by atoms with Crippen LogP contribution in [0.1, 0.15) is 25.0 Å². The van der Waals surface area contributed by atoms with Crippen LogP contribution < -0.4 is 10.9 Å². The summed E-state index contributed by atoms with van der Waals surface area (Å²) in [6.07, 6.45) is -2.16. The Morgan fingerprint density at radius 2 is 1.93 bits per heavy atom. The maximum Gasteiger partial charge on any atom is 0.433 e. The number of nitrogens with one attached hydrogen (secondary N) is 1. The van der Waals surface area contributed by atoms with Crippen molar-refractivity contribution in [3.8, 4) is 0 Å². The van der Waals surface area contributed by atoms with Gasteiger partial charge in [-0.1, -0.05) is 0 Å². The quantitative estimate of drug-likeness (QED) is 0.779. The maximum absolute atomic E-state index is 12.6. The lowest BCUT2D eigenvalue weighted by molar-refractivity contribution is -0.141. The smallest absolute Gasteiger partial charge is 0.334 e. The number of urea groups is 1. The number of aromatic nitrogens is 2. The van der Waals surface area contributed by atoms with Crippen molar-refractivity contribution in [3.63, 3.8) is 0 Å². The molecule has 2 aliphatic rings. The second-order valence-corrected chi connectivity index (χ2v) is 9.47. The van der Waals surface area contributed by atoms with E-state index in [1.54, 1.807) is 4.90 Å². The van der Waals surface area contributed by atoms with Crippen LogP contribution in [0, 0.1) is 5.92 Å². The summed E-state index contributed by atoms with van der Waals surface area (Å²) in [4.78, 5) is 29.0. The van der Waals surface area contributed by atoms with E-state index in [9.17, 15) is 31.2 Å². The lowest BCUT2D eigenvalue weighted by atomic mass is 9.97. The zero-order valence-corrected chi connectivity index (χ0v) is 15.8.